The molecule has 0 heterocycles. The normalized spacial score (nSPS) is 15.0. The van der Waals surface area contributed by atoms with E-state index >= 15 is 0 Å². The fourth-order valence-corrected chi connectivity index (χ4v) is 1.30. The minimum Gasteiger partial charge on any atom is -0.368 e. The van der Waals surface area contributed by atoms with Gasteiger partial charge in [0.25, 0.3) is 0 Å². The summed E-state index contributed by atoms with van der Waals surface area (Å²) in [6.45, 7) is 1.61. The summed E-state index contributed by atoms with van der Waals surface area (Å²) in [6.07, 6.45) is 0. The molecule has 3 nitrogen and oxygen atoms in total. The molecule has 0 saturated carbocycles. The number of carbonyl (C=O) groups is 1. The van der Waals surface area contributed by atoms with Gasteiger partial charge in [-0.25, -0.2) is 0 Å². The standard InChI is InChI=1S/C9H11IN2O/c1-9(12,8(11)13)6-2-4-7(10)5-3-6/h2-5H,12H2,1H3,(H2,11,13). The van der Waals surface area contributed by atoms with E-state index in [-0.39, 0.29) is 0 Å². The van der Waals surface area contributed by atoms with Crippen LogP contribution >= 0.6 is 22.6 Å². The van der Waals surface area contributed by atoms with Crippen molar-refractivity contribution < 1.29 is 4.79 Å². The largest absolute Gasteiger partial charge is 0.368 e. The molecule has 4 heteroatoms. The fourth-order valence-electron chi connectivity index (χ4n) is 0.938. The molecule has 1 rings (SSSR count). The molecule has 0 saturated heterocycles. The zero-order valence-corrected chi connectivity index (χ0v) is 9.41. The molecule has 1 unspecified atom stereocenters. The first-order valence-electron chi connectivity index (χ1n) is 3.79. The molecule has 70 valence electrons. The summed E-state index contributed by atoms with van der Waals surface area (Å²) in [6, 6.07) is 7.41. The molecular formula is C9H11IN2O. The molecule has 0 aliphatic rings. The van der Waals surface area contributed by atoms with E-state index in [1.165, 1.54) is 0 Å². The molecule has 1 aromatic rings. The van der Waals surface area contributed by atoms with Gasteiger partial charge in [-0.1, -0.05) is 12.1 Å². The van der Waals surface area contributed by atoms with E-state index in [1.807, 2.05) is 24.3 Å². The summed E-state index contributed by atoms with van der Waals surface area (Å²) in [5.74, 6) is -0.520. The van der Waals surface area contributed by atoms with Crippen LogP contribution < -0.4 is 11.5 Å². The maximum absolute atomic E-state index is 11.0. The third-order valence-electron chi connectivity index (χ3n) is 1.96. The number of halogens is 1. The van der Waals surface area contributed by atoms with Crippen molar-refractivity contribution in [3.63, 3.8) is 0 Å². The van der Waals surface area contributed by atoms with Crippen molar-refractivity contribution in [2.24, 2.45) is 11.5 Å². The van der Waals surface area contributed by atoms with Gasteiger partial charge in [0.05, 0.1) is 0 Å². The lowest BCUT2D eigenvalue weighted by Gasteiger charge is -2.20. The molecule has 1 amide bonds. The van der Waals surface area contributed by atoms with Crippen LogP contribution in [-0.4, -0.2) is 5.91 Å². The SMILES string of the molecule is CC(N)(C(N)=O)c1ccc(I)cc1. The third-order valence-corrected chi connectivity index (χ3v) is 2.67. The van der Waals surface area contributed by atoms with Gasteiger partial charge in [0.1, 0.15) is 5.54 Å². The highest BCUT2D eigenvalue weighted by Crippen LogP contribution is 2.18. The van der Waals surface area contributed by atoms with Crippen LogP contribution in [0.4, 0.5) is 0 Å². The van der Waals surface area contributed by atoms with Crippen LogP contribution in [0.3, 0.4) is 0 Å². The molecule has 0 spiro atoms. The minimum atomic E-state index is -1.08. The Balaban J connectivity index is 3.08. The van der Waals surface area contributed by atoms with E-state index in [0.29, 0.717) is 0 Å². The molecule has 1 aromatic carbocycles. The summed E-state index contributed by atoms with van der Waals surface area (Å²) < 4.78 is 1.10. The van der Waals surface area contributed by atoms with Crippen LogP contribution in [0.15, 0.2) is 24.3 Å². The Morgan fingerprint density at radius 3 is 2.23 bits per heavy atom. The smallest absolute Gasteiger partial charge is 0.241 e. The minimum absolute atomic E-state index is 0.520. The van der Waals surface area contributed by atoms with Gasteiger partial charge in [0.15, 0.2) is 0 Å². The molecule has 13 heavy (non-hydrogen) atoms. The van der Waals surface area contributed by atoms with Gasteiger partial charge in [-0.15, -0.1) is 0 Å². The molecule has 1 atom stereocenters. The lowest BCUT2D eigenvalue weighted by atomic mass is 9.93. The van der Waals surface area contributed by atoms with Gasteiger partial charge >= 0.3 is 0 Å². The Bertz CT molecular complexity index is 319. The molecule has 4 N–H and O–H groups in total. The highest BCUT2D eigenvalue weighted by molar-refractivity contribution is 14.1. The summed E-state index contributed by atoms with van der Waals surface area (Å²) >= 11 is 2.19. The van der Waals surface area contributed by atoms with E-state index in [2.05, 4.69) is 22.6 Å². The van der Waals surface area contributed by atoms with Gasteiger partial charge in [-0.2, -0.15) is 0 Å². The fraction of sp³-hybridized carbons (Fsp3) is 0.222. The van der Waals surface area contributed by atoms with E-state index in [0.717, 1.165) is 9.13 Å². The first kappa shape index (κ1) is 10.5. The predicted octanol–water partition coefficient (Wildman–Crippen LogP) is 0.950. The zero-order valence-electron chi connectivity index (χ0n) is 7.25. The average molecular weight is 290 g/mol. The van der Waals surface area contributed by atoms with Crippen LogP contribution in [-0.2, 0) is 10.3 Å². The molecule has 0 aliphatic carbocycles. The first-order chi connectivity index (χ1) is 5.94. The lowest BCUT2D eigenvalue weighted by molar-refractivity contribution is -0.122. The van der Waals surface area contributed by atoms with E-state index in [1.54, 1.807) is 6.92 Å². The van der Waals surface area contributed by atoms with Crippen molar-refractivity contribution >= 4 is 28.5 Å². The summed E-state index contributed by atoms with van der Waals surface area (Å²) in [5.41, 5.74) is 10.6. The lowest BCUT2D eigenvalue weighted by Crippen LogP contribution is -2.46. The van der Waals surface area contributed by atoms with Gasteiger partial charge < -0.3 is 11.5 Å². The topological polar surface area (TPSA) is 69.1 Å². The Kier molecular flexibility index (Phi) is 2.92. The Labute approximate surface area is 90.6 Å². The molecular weight excluding hydrogens is 279 g/mol. The van der Waals surface area contributed by atoms with Crippen LogP contribution in [0.25, 0.3) is 0 Å². The number of benzene rings is 1. The van der Waals surface area contributed by atoms with Crippen molar-refractivity contribution in [1.82, 2.24) is 0 Å². The van der Waals surface area contributed by atoms with Crippen LogP contribution in [0.2, 0.25) is 0 Å². The van der Waals surface area contributed by atoms with Gasteiger partial charge in [-0.3, -0.25) is 4.79 Å². The van der Waals surface area contributed by atoms with Crippen molar-refractivity contribution in [2.75, 3.05) is 0 Å². The van der Waals surface area contributed by atoms with Gasteiger partial charge in [-0.05, 0) is 47.2 Å². The Morgan fingerprint density at radius 1 is 1.38 bits per heavy atom. The third kappa shape index (κ3) is 2.19. The number of amides is 1. The van der Waals surface area contributed by atoms with Crippen LogP contribution in [0.1, 0.15) is 12.5 Å². The second-order valence-electron chi connectivity index (χ2n) is 3.07. The molecule has 0 bridgehead atoms. The summed E-state index contributed by atoms with van der Waals surface area (Å²) in [4.78, 5) is 11.0. The zero-order chi connectivity index (χ0) is 10.1. The maximum atomic E-state index is 11.0. The van der Waals surface area contributed by atoms with Gasteiger partial charge in [0, 0.05) is 3.57 Å². The number of hydrogen-bond acceptors (Lipinski definition) is 2. The summed E-state index contributed by atoms with van der Waals surface area (Å²) in [7, 11) is 0. The highest BCUT2D eigenvalue weighted by atomic mass is 127. The Morgan fingerprint density at radius 2 is 1.85 bits per heavy atom. The van der Waals surface area contributed by atoms with E-state index < -0.39 is 11.4 Å². The van der Waals surface area contributed by atoms with Crippen LogP contribution in [0, 0.1) is 3.57 Å². The van der Waals surface area contributed by atoms with Gasteiger partial charge in [0.2, 0.25) is 5.91 Å². The first-order valence-corrected chi connectivity index (χ1v) is 4.87. The van der Waals surface area contributed by atoms with Crippen molar-refractivity contribution in [2.45, 2.75) is 12.5 Å². The van der Waals surface area contributed by atoms with Crippen molar-refractivity contribution in [3.05, 3.63) is 33.4 Å². The number of nitrogens with two attached hydrogens (primary N) is 2. The summed E-state index contributed by atoms with van der Waals surface area (Å²) in [5, 5.41) is 0. The van der Waals surface area contributed by atoms with E-state index in [9.17, 15) is 4.79 Å². The van der Waals surface area contributed by atoms with Crippen molar-refractivity contribution in [3.8, 4) is 0 Å². The molecule has 0 fully saturated rings. The second-order valence-corrected chi connectivity index (χ2v) is 4.32. The quantitative estimate of drug-likeness (QED) is 0.796. The van der Waals surface area contributed by atoms with E-state index in [4.69, 9.17) is 11.5 Å². The molecule has 0 aliphatic heterocycles. The Hall–Kier alpha value is -0.620. The number of carbonyl (C=O) groups excluding carboxylic acids is 1. The average Bonchev–Trinajstić information content (AvgIpc) is 2.04. The highest BCUT2D eigenvalue weighted by Gasteiger charge is 2.27. The van der Waals surface area contributed by atoms with Crippen molar-refractivity contribution in [1.29, 1.82) is 0 Å². The predicted molar refractivity (Wildman–Crippen MR) is 59.9 cm³/mol. The second kappa shape index (κ2) is 3.63. The monoisotopic (exact) mass is 290 g/mol. The number of rotatable bonds is 2. The maximum Gasteiger partial charge on any atom is 0.241 e. The van der Waals surface area contributed by atoms with Crippen LogP contribution in [0.5, 0.6) is 0 Å². The number of primary amides is 1. The molecule has 0 aromatic heterocycles. The number of hydrogen-bond donors (Lipinski definition) is 2. The molecule has 0 radical (unpaired) electrons.